The van der Waals surface area contributed by atoms with Crippen LogP contribution in [0.25, 0.3) is 0 Å². The highest BCUT2D eigenvalue weighted by Gasteiger charge is 2.21. The largest absolute Gasteiger partial charge is 0.239 e. The third kappa shape index (κ3) is 2.11. The highest BCUT2D eigenvalue weighted by atomic mass is 19.1. The number of nitroso groups, excluding NO2 is 1. The molecular formula is C10H12FNO. The highest BCUT2D eigenvalue weighted by Crippen LogP contribution is 2.30. The molecule has 1 aromatic carbocycles. The van der Waals surface area contributed by atoms with E-state index in [0.717, 1.165) is 5.56 Å². The molecule has 0 unspecified atom stereocenters. The first-order valence-electron chi connectivity index (χ1n) is 4.08. The molecule has 1 rings (SSSR count). The Labute approximate surface area is 76.8 Å². The van der Waals surface area contributed by atoms with Crippen molar-refractivity contribution in [3.8, 4) is 0 Å². The number of hydrogen-bond donors (Lipinski definition) is 0. The maximum Gasteiger partial charge on any atom is 0.130 e. The van der Waals surface area contributed by atoms with E-state index in [1.807, 2.05) is 6.92 Å². The highest BCUT2D eigenvalue weighted by molar-refractivity contribution is 5.45. The lowest BCUT2D eigenvalue weighted by molar-refractivity contribution is 0.220. The van der Waals surface area contributed by atoms with Gasteiger partial charge in [0.25, 0.3) is 0 Å². The zero-order chi connectivity index (χ0) is 10.1. The fraction of sp³-hybridized carbons (Fsp3) is 0.400. The SMILES string of the molecule is Cc1ccc(N=O)cc1C(C)(C)F. The van der Waals surface area contributed by atoms with Gasteiger partial charge in [0.05, 0.1) is 0 Å². The summed E-state index contributed by atoms with van der Waals surface area (Å²) in [5.74, 6) is 0. The lowest BCUT2D eigenvalue weighted by Crippen LogP contribution is -2.10. The second-order valence-corrected chi connectivity index (χ2v) is 3.56. The van der Waals surface area contributed by atoms with Crippen molar-refractivity contribution >= 4 is 5.69 Å². The van der Waals surface area contributed by atoms with E-state index in [9.17, 15) is 9.30 Å². The maximum atomic E-state index is 13.6. The van der Waals surface area contributed by atoms with Crippen LogP contribution in [0.2, 0.25) is 0 Å². The predicted molar refractivity (Wildman–Crippen MR) is 50.8 cm³/mol. The molecular weight excluding hydrogens is 169 g/mol. The van der Waals surface area contributed by atoms with Gasteiger partial charge in [-0.3, -0.25) is 0 Å². The van der Waals surface area contributed by atoms with Crippen LogP contribution in [0, 0.1) is 11.8 Å². The van der Waals surface area contributed by atoms with Crippen molar-refractivity contribution in [3.05, 3.63) is 34.2 Å². The van der Waals surface area contributed by atoms with Gasteiger partial charge in [-0.05, 0) is 49.2 Å². The van der Waals surface area contributed by atoms with Gasteiger partial charge in [-0.25, -0.2) is 4.39 Å². The Hall–Kier alpha value is -1.25. The topological polar surface area (TPSA) is 29.4 Å². The summed E-state index contributed by atoms with van der Waals surface area (Å²) in [5.41, 5.74) is 0.195. The fourth-order valence-electron chi connectivity index (χ4n) is 1.31. The molecule has 0 heterocycles. The molecule has 0 N–H and O–H groups in total. The standard InChI is InChI=1S/C10H12FNO/c1-7-4-5-8(12-13)6-9(7)10(2,3)11/h4-6H,1-3H3. The van der Waals surface area contributed by atoms with E-state index in [4.69, 9.17) is 0 Å². The van der Waals surface area contributed by atoms with E-state index < -0.39 is 5.67 Å². The van der Waals surface area contributed by atoms with Crippen molar-refractivity contribution in [3.63, 3.8) is 0 Å². The Balaban J connectivity index is 3.27. The molecule has 0 aliphatic carbocycles. The zero-order valence-electron chi connectivity index (χ0n) is 7.97. The third-order valence-corrected chi connectivity index (χ3v) is 1.97. The number of benzene rings is 1. The first-order chi connectivity index (χ1) is 5.95. The Morgan fingerprint density at radius 2 is 2.00 bits per heavy atom. The minimum atomic E-state index is -1.43. The first-order valence-corrected chi connectivity index (χ1v) is 4.08. The molecule has 0 aliphatic rings. The Morgan fingerprint density at radius 1 is 1.38 bits per heavy atom. The van der Waals surface area contributed by atoms with Gasteiger partial charge in [0.15, 0.2) is 0 Å². The summed E-state index contributed by atoms with van der Waals surface area (Å²) in [6.45, 7) is 4.74. The van der Waals surface area contributed by atoms with E-state index >= 15 is 0 Å². The normalized spacial score (nSPS) is 11.4. The minimum absolute atomic E-state index is 0.270. The van der Waals surface area contributed by atoms with Crippen molar-refractivity contribution in [2.24, 2.45) is 5.18 Å². The molecule has 0 amide bonds. The van der Waals surface area contributed by atoms with Crippen molar-refractivity contribution < 1.29 is 4.39 Å². The monoisotopic (exact) mass is 181 g/mol. The quantitative estimate of drug-likeness (QED) is 0.641. The summed E-state index contributed by atoms with van der Waals surface area (Å²) in [7, 11) is 0. The van der Waals surface area contributed by atoms with Crippen LogP contribution in [0.3, 0.4) is 0 Å². The minimum Gasteiger partial charge on any atom is -0.239 e. The van der Waals surface area contributed by atoms with Gasteiger partial charge in [0.2, 0.25) is 0 Å². The third-order valence-electron chi connectivity index (χ3n) is 1.97. The summed E-state index contributed by atoms with van der Waals surface area (Å²) in [6.07, 6.45) is 0. The summed E-state index contributed by atoms with van der Waals surface area (Å²) in [5, 5.41) is 2.77. The van der Waals surface area contributed by atoms with Gasteiger partial charge in [-0.1, -0.05) is 6.07 Å². The average Bonchev–Trinajstić information content (AvgIpc) is 2.03. The molecule has 70 valence electrons. The van der Waals surface area contributed by atoms with E-state index in [-0.39, 0.29) is 5.69 Å². The van der Waals surface area contributed by atoms with Crippen molar-refractivity contribution in [2.75, 3.05) is 0 Å². The first kappa shape index (κ1) is 9.84. The van der Waals surface area contributed by atoms with Crippen LogP contribution >= 0.6 is 0 Å². The van der Waals surface area contributed by atoms with E-state index in [1.54, 1.807) is 12.1 Å². The molecule has 0 fully saturated rings. The Kier molecular flexibility index (Phi) is 2.45. The molecule has 0 atom stereocenters. The van der Waals surface area contributed by atoms with Crippen LogP contribution < -0.4 is 0 Å². The number of rotatable bonds is 2. The fourth-order valence-corrected chi connectivity index (χ4v) is 1.31. The van der Waals surface area contributed by atoms with Crippen LogP contribution in [-0.2, 0) is 5.67 Å². The molecule has 0 bridgehead atoms. The maximum absolute atomic E-state index is 13.6. The molecule has 0 aromatic heterocycles. The van der Waals surface area contributed by atoms with Crippen molar-refractivity contribution in [1.29, 1.82) is 0 Å². The van der Waals surface area contributed by atoms with Crippen LogP contribution in [-0.4, -0.2) is 0 Å². The number of alkyl halides is 1. The summed E-state index contributed by atoms with van der Waals surface area (Å²) in [6, 6.07) is 4.77. The molecule has 1 aromatic rings. The Bertz CT molecular complexity index is 328. The van der Waals surface area contributed by atoms with Crippen molar-refractivity contribution in [2.45, 2.75) is 26.4 Å². The smallest absolute Gasteiger partial charge is 0.130 e. The van der Waals surface area contributed by atoms with E-state index in [1.165, 1.54) is 19.9 Å². The van der Waals surface area contributed by atoms with Crippen LogP contribution in [0.15, 0.2) is 23.4 Å². The molecule has 2 nitrogen and oxygen atoms in total. The molecule has 0 spiro atoms. The average molecular weight is 181 g/mol. The van der Waals surface area contributed by atoms with E-state index in [2.05, 4.69) is 5.18 Å². The second kappa shape index (κ2) is 3.24. The van der Waals surface area contributed by atoms with Gasteiger partial charge in [-0.15, -0.1) is 4.91 Å². The lowest BCUT2D eigenvalue weighted by Gasteiger charge is -2.17. The molecule has 0 saturated heterocycles. The van der Waals surface area contributed by atoms with Gasteiger partial charge in [-0.2, -0.15) is 0 Å². The second-order valence-electron chi connectivity index (χ2n) is 3.56. The summed E-state index contributed by atoms with van der Waals surface area (Å²) < 4.78 is 13.6. The van der Waals surface area contributed by atoms with Crippen molar-refractivity contribution in [1.82, 2.24) is 0 Å². The number of hydrogen-bond acceptors (Lipinski definition) is 2. The molecule has 0 saturated carbocycles. The predicted octanol–water partition coefficient (Wildman–Crippen LogP) is 3.60. The lowest BCUT2D eigenvalue weighted by atomic mass is 9.95. The molecule has 0 aliphatic heterocycles. The van der Waals surface area contributed by atoms with Crippen LogP contribution in [0.4, 0.5) is 10.1 Å². The van der Waals surface area contributed by atoms with Gasteiger partial charge < -0.3 is 0 Å². The number of nitrogens with zero attached hydrogens (tertiary/aromatic N) is 1. The molecule has 0 radical (unpaired) electrons. The zero-order valence-corrected chi connectivity index (χ0v) is 7.97. The van der Waals surface area contributed by atoms with Gasteiger partial charge >= 0.3 is 0 Å². The van der Waals surface area contributed by atoms with Gasteiger partial charge in [0.1, 0.15) is 11.4 Å². The molecule has 3 heteroatoms. The summed E-state index contributed by atoms with van der Waals surface area (Å²) >= 11 is 0. The Morgan fingerprint density at radius 3 is 2.46 bits per heavy atom. The molecule has 13 heavy (non-hydrogen) atoms. The number of aryl methyl sites for hydroxylation is 1. The van der Waals surface area contributed by atoms with Crippen LogP contribution in [0.1, 0.15) is 25.0 Å². The van der Waals surface area contributed by atoms with Gasteiger partial charge in [0, 0.05) is 0 Å². The van der Waals surface area contributed by atoms with E-state index in [0.29, 0.717) is 5.56 Å². The number of halogens is 1. The van der Waals surface area contributed by atoms with Crippen LogP contribution in [0.5, 0.6) is 0 Å². The summed E-state index contributed by atoms with van der Waals surface area (Å²) in [4.78, 5) is 10.2.